The summed E-state index contributed by atoms with van der Waals surface area (Å²) >= 11 is 0. The van der Waals surface area contributed by atoms with Crippen molar-refractivity contribution in [2.24, 2.45) is 29.6 Å². The van der Waals surface area contributed by atoms with Crippen LogP contribution in [0.25, 0.3) is 0 Å². The second-order valence-electron chi connectivity index (χ2n) is 16.7. The Labute approximate surface area is 319 Å². The van der Waals surface area contributed by atoms with E-state index in [1.165, 1.54) is 14.2 Å². The maximum atomic E-state index is 14.5. The molecule has 3 heterocycles. The number of carbonyl (C=O) groups excluding carboxylic acids is 4. The minimum Gasteiger partial charge on any atom is -0.456 e. The maximum Gasteiger partial charge on any atom is 0.329 e. The van der Waals surface area contributed by atoms with Gasteiger partial charge in [-0.2, -0.15) is 0 Å². The van der Waals surface area contributed by atoms with Gasteiger partial charge in [0.25, 0.3) is 11.7 Å². The molecule has 4 rings (SSSR count). The van der Waals surface area contributed by atoms with Gasteiger partial charge in [-0.1, -0.05) is 45.4 Å². The minimum absolute atomic E-state index is 0.0204. The molecule has 3 fully saturated rings. The number of aliphatic hydroxyl groups is 3. The van der Waals surface area contributed by atoms with Gasteiger partial charge in [-0.15, -0.1) is 0 Å². The first-order valence-corrected chi connectivity index (χ1v) is 19.8. The number of fused-ring (bicyclic) bond motifs is 3. The predicted octanol–water partition coefficient (Wildman–Crippen LogP) is 4.41. The molecule has 3 aliphatic heterocycles. The van der Waals surface area contributed by atoms with Gasteiger partial charge >= 0.3 is 5.97 Å². The second-order valence-corrected chi connectivity index (χ2v) is 16.7. The van der Waals surface area contributed by atoms with Crippen molar-refractivity contribution in [1.82, 2.24) is 4.90 Å². The standard InChI is InChI=1S/C41H64FNO11/c1-22-15-23(2)17-34(51-7)37-35(52-8)19-26(5)41(50,54-37)38(47)39(48)43-14-10-9-11-30(43)40(49)53-36(27(6)33(46)21-32(45)24(3)16-22)25(4)18-28-12-13-31(44)29(42)20-28/h16,18,23-24,26-31,33-37,44,46,50H,9-15,17,19-21H2,1-8H3/b22-16+,25-18+/t23-,24+,26+,27+,28-,29-,30-,31+,33-,34-,35-,36+,37+,41+/m0/s1. The number of carbonyl (C=O) groups is 4. The van der Waals surface area contributed by atoms with Gasteiger partial charge in [-0.05, 0) is 89.0 Å². The molecule has 14 atom stereocenters. The van der Waals surface area contributed by atoms with E-state index in [1.54, 1.807) is 33.8 Å². The lowest BCUT2D eigenvalue weighted by atomic mass is 9.82. The van der Waals surface area contributed by atoms with E-state index in [9.17, 15) is 38.9 Å². The molecular weight excluding hydrogens is 701 g/mol. The molecule has 0 spiro atoms. The number of nitrogens with zero attached hydrogens (tertiary/aromatic N) is 1. The number of ketones is 2. The smallest absolute Gasteiger partial charge is 0.329 e. The normalized spacial score (nSPS) is 42.7. The maximum absolute atomic E-state index is 14.5. The lowest BCUT2D eigenvalue weighted by molar-refractivity contribution is -0.302. The van der Waals surface area contributed by atoms with Crippen molar-refractivity contribution >= 4 is 23.4 Å². The number of amides is 1. The lowest BCUT2D eigenvalue weighted by Crippen LogP contribution is -2.64. The Balaban J connectivity index is 1.75. The summed E-state index contributed by atoms with van der Waals surface area (Å²) in [5.41, 5.74) is 1.50. The number of Topliss-reactive ketones (excluding diaryl/α,β-unsaturated/α-hetero) is 2. The van der Waals surface area contributed by atoms with Crippen LogP contribution in [0.3, 0.4) is 0 Å². The molecule has 12 nitrogen and oxygen atoms in total. The predicted molar refractivity (Wildman–Crippen MR) is 198 cm³/mol. The zero-order valence-electron chi connectivity index (χ0n) is 33.4. The summed E-state index contributed by atoms with van der Waals surface area (Å²) in [6.45, 7) is 10.8. The largest absolute Gasteiger partial charge is 0.456 e. The van der Waals surface area contributed by atoms with Crippen molar-refractivity contribution < 1.29 is 57.8 Å². The molecule has 0 aromatic heterocycles. The fraction of sp³-hybridized carbons (Fsp3) is 0.805. The SMILES string of the molecule is CO[C@H]1C[C@@H](C)C/C(C)=C/[C@@H](C)C(=O)C[C@H](O)[C@@H](C)[C@@H](/C(C)=C/[C@@H]2CC[C@@H](O)[C@@H](F)C2)OC(=O)[C@@H]2CCCCN2C(=O)C(=O)[C@]2(O)O[C@H]1[C@@H](OC)C[C@H]2C. The van der Waals surface area contributed by atoms with Crippen molar-refractivity contribution in [3.63, 3.8) is 0 Å². The summed E-state index contributed by atoms with van der Waals surface area (Å²) in [4.78, 5) is 57.0. The van der Waals surface area contributed by atoms with Crippen LogP contribution in [0.2, 0.25) is 0 Å². The number of methoxy groups -OCH3 is 2. The zero-order valence-corrected chi connectivity index (χ0v) is 33.4. The first kappa shape index (κ1) is 44.2. The summed E-state index contributed by atoms with van der Waals surface area (Å²) < 4.78 is 38.5. The van der Waals surface area contributed by atoms with E-state index in [2.05, 4.69) is 0 Å². The number of rotatable bonds is 4. The average Bonchev–Trinajstić information content (AvgIpc) is 3.13. The topological polar surface area (TPSA) is 169 Å². The van der Waals surface area contributed by atoms with Gasteiger partial charge in [0.2, 0.25) is 5.79 Å². The Kier molecular flexibility index (Phi) is 15.6. The second kappa shape index (κ2) is 19.1. The average molecular weight is 766 g/mol. The number of piperidine rings is 1. The molecule has 54 heavy (non-hydrogen) atoms. The zero-order chi connectivity index (χ0) is 40.1. The molecule has 1 saturated carbocycles. The number of allylic oxidation sites excluding steroid dienone is 3. The Morgan fingerprint density at radius 2 is 1.61 bits per heavy atom. The van der Waals surface area contributed by atoms with Crippen LogP contribution >= 0.6 is 0 Å². The molecule has 1 aliphatic carbocycles. The van der Waals surface area contributed by atoms with Crippen LogP contribution in [-0.2, 0) is 38.1 Å². The van der Waals surface area contributed by atoms with E-state index in [1.807, 2.05) is 19.9 Å². The van der Waals surface area contributed by atoms with E-state index in [-0.39, 0.29) is 56.3 Å². The number of esters is 1. The first-order chi connectivity index (χ1) is 25.4. The molecule has 3 N–H and O–H groups in total. The number of alkyl halides is 1. The third-order valence-electron chi connectivity index (χ3n) is 12.3. The summed E-state index contributed by atoms with van der Waals surface area (Å²) in [5, 5.41) is 33.4. The van der Waals surface area contributed by atoms with Gasteiger partial charge in [-0.25, -0.2) is 9.18 Å². The number of aliphatic hydroxyl groups excluding tert-OH is 2. The highest BCUT2D eigenvalue weighted by Crippen LogP contribution is 2.39. The number of halogens is 1. The van der Waals surface area contributed by atoms with Crippen LogP contribution in [0.1, 0.15) is 106 Å². The first-order valence-electron chi connectivity index (χ1n) is 19.8. The fourth-order valence-electron chi connectivity index (χ4n) is 8.90. The molecule has 4 aliphatic rings. The summed E-state index contributed by atoms with van der Waals surface area (Å²) in [6.07, 6.45) is 0.135. The van der Waals surface area contributed by atoms with Gasteiger partial charge in [0.15, 0.2) is 0 Å². The third kappa shape index (κ3) is 10.2. The van der Waals surface area contributed by atoms with E-state index < -0.39 is 90.0 Å². The molecule has 0 radical (unpaired) electrons. The molecule has 0 unspecified atom stereocenters. The van der Waals surface area contributed by atoms with Gasteiger partial charge in [-0.3, -0.25) is 14.4 Å². The molecule has 0 aromatic carbocycles. The van der Waals surface area contributed by atoms with Crippen LogP contribution in [0.5, 0.6) is 0 Å². The van der Waals surface area contributed by atoms with E-state index in [4.69, 9.17) is 18.9 Å². The van der Waals surface area contributed by atoms with Gasteiger partial charge < -0.3 is 39.2 Å². The van der Waals surface area contributed by atoms with Crippen molar-refractivity contribution in [3.05, 3.63) is 23.3 Å². The summed E-state index contributed by atoms with van der Waals surface area (Å²) in [6, 6.07) is -1.17. The van der Waals surface area contributed by atoms with Crippen LogP contribution < -0.4 is 0 Å². The number of ether oxygens (including phenoxy) is 4. The quantitative estimate of drug-likeness (QED) is 0.211. The Morgan fingerprint density at radius 1 is 0.944 bits per heavy atom. The minimum atomic E-state index is -2.52. The molecule has 0 aromatic rings. The highest BCUT2D eigenvalue weighted by atomic mass is 19.1. The van der Waals surface area contributed by atoms with Crippen LogP contribution in [0.15, 0.2) is 23.3 Å². The van der Waals surface area contributed by atoms with Crippen molar-refractivity contribution in [3.8, 4) is 0 Å². The molecule has 13 heteroatoms. The van der Waals surface area contributed by atoms with E-state index in [0.717, 1.165) is 10.5 Å². The van der Waals surface area contributed by atoms with Gasteiger partial charge in [0.05, 0.1) is 24.4 Å². The monoisotopic (exact) mass is 765 g/mol. The highest BCUT2D eigenvalue weighted by molar-refractivity contribution is 6.39. The summed E-state index contributed by atoms with van der Waals surface area (Å²) in [5.74, 6) is -8.12. The third-order valence-corrected chi connectivity index (χ3v) is 12.3. The summed E-state index contributed by atoms with van der Waals surface area (Å²) in [7, 11) is 3.03. The fourth-order valence-corrected chi connectivity index (χ4v) is 8.90. The van der Waals surface area contributed by atoms with E-state index in [0.29, 0.717) is 37.7 Å². The van der Waals surface area contributed by atoms with Crippen LogP contribution in [0.4, 0.5) is 4.39 Å². The van der Waals surface area contributed by atoms with Gasteiger partial charge in [0, 0.05) is 44.9 Å². The molecule has 2 bridgehead atoms. The van der Waals surface area contributed by atoms with Crippen molar-refractivity contribution in [2.45, 2.75) is 160 Å². The number of hydrogen-bond donors (Lipinski definition) is 3. The van der Waals surface area contributed by atoms with Crippen LogP contribution in [0, 0.1) is 29.6 Å². The van der Waals surface area contributed by atoms with Gasteiger partial charge in [0.1, 0.15) is 30.2 Å². The Hall–Kier alpha value is -2.55. The van der Waals surface area contributed by atoms with Crippen molar-refractivity contribution in [2.75, 3.05) is 20.8 Å². The van der Waals surface area contributed by atoms with Crippen LogP contribution in [-0.4, -0.2) is 119 Å². The van der Waals surface area contributed by atoms with Crippen molar-refractivity contribution in [1.29, 1.82) is 0 Å². The molecular formula is C41H64FNO11. The highest BCUT2D eigenvalue weighted by Gasteiger charge is 2.56. The number of hydrogen-bond acceptors (Lipinski definition) is 11. The molecule has 1 amide bonds. The molecule has 306 valence electrons. The Morgan fingerprint density at radius 3 is 2.26 bits per heavy atom. The number of cyclic esters (lactones) is 1. The Bertz CT molecular complexity index is 1400. The molecule has 2 saturated heterocycles. The lowest BCUT2D eigenvalue weighted by Gasteiger charge is -2.47. The van der Waals surface area contributed by atoms with E-state index >= 15 is 0 Å².